The van der Waals surface area contributed by atoms with Crippen molar-refractivity contribution in [2.24, 2.45) is 5.73 Å². The summed E-state index contributed by atoms with van der Waals surface area (Å²) in [5.41, 5.74) is 8.28. The molecule has 1 aromatic heterocycles. The Morgan fingerprint density at radius 3 is 2.48 bits per heavy atom. The van der Waals surface area contributed by atoms with Crippen LogP contribution in [0.15, 0.2) is 42.6 Å². The van der Waals surface area contributed by atoms with Crippen molar-refractivity contribution in [1.29, 1.82) is 0 Å². The average molecular weight is 306 g/mol. The number of anilines is 1. The molecule has 1 heterocycles. The zero-order valence-electron chi connectivity index (χ0n) is 12.0. The van der Waals surface area contributed by atoms with Gasteiger partial charge in [0, 0.05) is 24.7 Å². The van der Waals surface area contributed by atoms with Crippen LogP contribution in [-0.4, -0.2) is 18.1 Å². The lowest BCUT2D eigenvalue weighted by molar-refractivity contribution is 0.414. The summed E-state index contributed by atoms with van der Waals surface area (Å²) in [6.45, 7) is 0.749. The maximum Gasteiger partial charge on any atom is 0.126 e. The van der Waals surface area contributed by atoms with E-state index in [1.54, 1.807) is 7.11 Å². The normalized spacial score (nSPS) is 19.5. The first-order chi connectivity index (χ1) is 9.76. The molecule has 2 atom stereocenters. The molecule has 1 fully saturated rings. The fourth-order valence-electron chi connectivity index (χ4n) is 2.26. The van der Waals surface area contributed by atoms with E-state index in [0.717, 1.165) is 24.5 Å². The Balaban J connectivity index is 0.00000161. The SMILES string of the molecule is COc1ccc(CNc2ccc(C3CC3N)cn2)cc1.Cl. The number of pyridine rings is 1. The van der Waals surface area contributed by atoms with Gasteiger partial charge < -0.3 is 15.8 Å². The van der Waals surface area contributed by atoms with E-state index in [1.165, 1.54) is 11.1 Å². The fourth-order valence-corrected chi connectivity index (χ4v) is 2.26. The summed E-state index contributed by atoms with van der Waals surface area (Å²) in [5, 5.41) is 3.31. The zero-order valence-corrected chi connectivity index (χ0v) is 12.8. The second-order valence-corrected chi connectivity index (χ2v) is 5.18. The van der Waals surface area contributed by atoms with Crippen molar-refractivity contribution in [1.82, 2.24) is 4.98 Å². The van der Waals surface area contributed by atoms with Crippen LogP contribution >= 0.6 is 12.4 Å². The molecule has 0 amide bonds. The number of aromatic nitrogens is 1. The van der Waals surface area contributed by atoms with Gasteiger partial charge in [0.15, 0.2) is 0 Å². The lowest BCUT2D eigenvalue weighted by Gasteiger charge is -2.07. The molecule has 1 aromatic carbocycles. The highest BCUT2D eigenvalue weighted by Crippen LogP contribution is 2.38. The number of ether oxygens (including phenoxy) is 1. The van der Waals surface area contributed by atoms with Crippen molar-refractivity contribution in [3.63, 3.8) is 0 Å². The van der Waals surface area contributed by atoms with E-state index < -0.39 is 0 Å². The van der Waals surface area contributed by atoms with E-state index in [1.807, 2.05) is 36.5 Å². The van der Waals surface area contributed by atoms with Gasteiger partial charge in [-0.3, -0.25) is 0 Å². The van der Waals surface area contributed by atoms with E-state index in [-0.39, 0.29) is 12.4 Å². The summed E-state index contributed by atoms with van der Waals surface area (Å²) in [5.74, 6) is 2.27. The van der Waals surface area contributed by atoms with Crippen LogP contribution < -0.4 is 15.8 Å². The highest BCUT2D eigenvalue weighted by molar-refractivity contribution is 5.85. The molecule has 0 spiro atoms. The molecule has 2 aromatic rings. The number of methoxy groups -OCH3 is 1. The Labute approximate surface area is 131 Å². The first kappa shape index (κ1) is 15.6. The van der Waals surface area contributed by atoms with Crippen LogP contribution in [-0.2, 0) is 6.54 Å². The van der Waals surface area contributed by atoms with Crippen LogP contribution in [0.1, 0.15) is 23.5 Å². The quantitative estimate of drug-likeness (QED) is 0.891. The molecule has 2 unspecified atom stereocenters. The highest BCUT2D eigenvalue weighted by Gasteiger charge is 2.34. The highest BCUT2D eigenvalue weighted by atomic mass is 35.5. The number of halogens is 1. The molecule has 0 aliphatic heterocycles. The molecule has 5 heteroatoms. The van der Waals surface area contributed by atoms with Crippen molar-refractivity contribution < 1.29 is 4.74 Å². The van der Waals surface area contributed by atoms with Crippen LogP contribution in [0.25, 0.3) is 0 Å². The maximum atomic E-state index is 5.84. The summed E-state index contributed by atoms with van der Waals surface area (Å²) < 4.78 is 5.14. The minimum absolute atomic E-state index is 0. The number of hydrogen-bond acceptors (Lipinski definition) is 4. The molecule has 3 N–H and O–H groups in total. The van der Waals surface area contributed by atoms with Gasteiger partial charge >= 0.3 is 0 Å². The molecular formula is C16H20ClN3O. The maximum absolute atomic E-state index is 5.84. The van der Waals surface area contributed by atoms with Crippen molar-refractivity contribution in [3.8, 4) is 5.75 Å². The second-order valence-electron chi connectivity index (χ2n) is 5.18. The largest absolute Gasteiger partial charge is 0.497 e. The van der Waals surface area contributed by atoms with Gasteiger partial charge in [-0.25, -0.2) is 4.98 Å². The Kier molecular flexibility index (Phi) is 5.04. The lowest BCUT2D eigenvalue weighted by atomic mass is 10.2. The van der Waals surface area contributed by atoms with Gasteiger partial charge in [0.2, 0.25) is 0 Å². The van der Waals surface area contributed by atoms with E-state index in [9.17, 15) is 0 Å². The molecule has 112 valence electrons. The van der Waals surface area contributed by atoms with Gasteiger partial charge in [0.05, 0.1) is 7.11 Å². The summed E-state index contributed by atoms with van der Waals surface area (Å²) in [7, 11) is 1.67. The monoisotopic (exact) mass is 305 g/mol. The predicted molar refractivity (Wildman–Crippen MR) is 87.1 cm³/mol. The summed E-state index contributed by atoms with van der Waals surface area (Å²) in [4.78, 5) is 4.43. The molecule has 1 aliphatic rings. The molecule has 21 heavy (non-hydrogen) atoms. The van der Waals surface area contributed by atoms with Crippen molar-refractivity contribution in [2.75, 3.05) is 12.4 Å². The summed E-state index contributed by atoms with van der Waals surface area (Å²) in [6.07, 6.45) is 3.01. The molecule has 3 rings (SSSR count). The van der Waals surface area contributed by atoms with Gasteiger partial charge in [-0.05, 0) is 35.7 Å². The number of nitrogens with zero attached hydrogens (tertiary/aromatic N) is 1. The molecule has 1 saturated carbocycles. The third-order valence-electron chi connectivity index (χ3n) is 3.69. The first-order valence-corrected chi connectivity index (χ1v) is 6.84. The third-order valence-corrected chi connectivity index (χ3v) is 3.69. The van der Waals surface area contributed by atoms with E-state index in [4.69, 9.17) is 10.5 Å². The Hall–Kier alpha value is -1.78. The number of nitrogens with two attached hydrogens (primary N) is 1. The minimum atomic E-state index is 0. The minimum Gasteiger partial charge on any atom is -0.497 e. The number of hydrogen-bond donors (Lipinski definition) is 2. The van der Waals surface area contributed by atoms with Gasteiger partial charge in [-0.2, -0.15) is 0 Å². The van der Waals surface area contributed by atoms with Gasteiger partial charge in [-0.1, -0.05) is 18.2 Å². The fraction of sp³-hybridized carbons (Fsp3) is 0.312. The molecular weight excluding hydrogens is 286 g/mol. The summed E-state index contributed by atoms with van der Waals surface area (Å²) in [6, 6.07) is 12.5. The van der Waals surface area contributed by atoms with E-state index >= 15 is 0 Å². The number of benzene rings is 1. The smallest absolute Gasteiger partial charge is 0.126 e. The molecule has 4 nitrogen and oxygen atoms in total. The van der Waals surface area contributed by atoms with Crippen molar-refractivity contribution in [2.45, 2.75) is 24.9 Å². The third kappa shape index (κ3) is 3.86. The molecule has 0 bridgehead atoms. The number of rotatable bonds is 5. The van der Waals surface area contributed by atoms with Crippen LogP contribution in [0.4, 0.5) is 5.82 Å². The predicted octanol–water partition coefficient (Wildman–Crippen LogP) is 2.94. The molecule has 0 saturated heterocycles. The van der Waals surface area contributed by atoms with Crippen LogP contribution in [0.3, 0.4) is 0 Å². The Morgan fingerprint density at radius 2 is 1.95 bits per heavy atom. The van der Waals surface area contributed by atoms with Gasteiger partial charge in [0.1, 0.15) is 11.6 Å². The van der Waals surface area contributed by atoms with Gasteiger partial charge in [0.25, 0.3) is 0 Å². The standard InChI is InChI=1S/C16H19N3O.ClH/c1-20-13-5-2-11(3-6-13)9-18-16-7-4-12(10-19-16)14-8-15(14)17;/h2-7,10,14-15H,8-9,17H2,1H3,(H,18,19);1H. The summed E-state index contributed by atoms with van der Waals surface area (Å²) >= 11 is 0. The average Bonchev–Trinajstić information content (AvgIpc) is 3.23. The van der Waals surface area contributed by atoms with E-state index in [0.29, 0.717) is 12.0 Å². The topological polar surface area (TPSA) is 60.2 Å². The van der Waals surface area contributed by atoms with Crippen LogP contribution in [0.2, 0.25) is 0 Å². The van der Waals surface area contributed by atoms with E-state index in [2.05, 4.69) is 16.4 Å². The van der Waals surface area contributed by atoms with Crippen LogP contribution in [0.5, 0.6) is 5.75 Å². The van der Waals surface area contributed by atoms with Crippen LogP contribution in [0, 0.1) is 0 Å². The van der Waals surface area contributed by atoms with Crippen molar-refractivity contribution in [3.05, 3.63) is 53.7 Å². The van der Waals surface area contributed by atoms with Gasteiger partial charge in [-0.15, -0.1) is 12.4 Å². The molecule has 1 aliphatic carbocycles. The molecule has 0 radical (unpaired) electrons. The zero-order chi connectivity index (χ0) is 13.9. The Morgan fingerprint density at radius 1 is 1.24 bits per heavy atom. The Bertz CT molecular complexity index is 571. The van der Waals surface area contributed by atoms with Crippen molar-refractivity contribution >= 4 is 18.2 Å². The first-order valence-electron chi connectivity index (χ1n) is 6.84. The second kappa shape index (κ2) is 6.78. The number of nitrogens with one attached hydrogen (secondary N) is 1. The lowest BCUT2D eigenvalue weighted by Crippen LogP contribution is -2.03.